The Morgan fingerprint density at radius 1 is 1.00 bits per heavy atom. The van der Waals surface area contributed by atoms with Crippen molar-refractivity contribution in [1.82, 2.24) is 15.2 Å². The van der Waals surface area contributed by atoms with Gasteiger partial charge in [0.15, 0.2) is 0 Å². The molecule has 5 rings (SSSR count). The predicted octanol–water partition coefficient (Wildman–Crippen LogP) is 6.73. The molecule has 4 aromatic carbocycles. The van der Waals surface area contributed by atoms with Gasteiger partial charge >= 0.3 is 6.03 Å². The van der Waals surface area contributed by atoms with Gasteiger partial charge in [0.05, 0.1) is 18.2 Å². The van der Waals surface area contributed by atoms with Crippen LogP contribution in [-0.4, -0.2) is 45.8 Å². The zero-order valence-corrected chi connectivity index (χ0v) is 24.2. The summed E-state index contributed by atoms with van der Waals surface area (Å²) in [6, 6.07) is 30.8. The lowest BCUT2D eigenvalue weighted by Crippen LogP contribution is -2.56. The number of hydrogen-bond donors (Lipinski definition) is 3. The van der Waals surface area contributed by atoms with Crippen LogP contribution in [-0.2, 0) is 6.42 Å². The molecule has 3 N–H and O–H groups in total. The van der Waals surface area contributed by atoms with Gasteiger partial charge in [-0.3, -0.25) is 0 Å². The molecule has 0 aliphatic rings. The SMILES string of the molecule is CC(NC(=O)N(CC(O)COc1ccccc1C#N)C(C)(C)Cc1c[nH]c2ccccc12)c1cccc2ccccc12. The van der Waals surface area contributed by atoms with Gasteiger partial charge in [-0.25, -0.2) is 4.79 Å². The first-order valence-corrected chi connectivity index (χ1v) is 14.2. The smallest absolute Gasteiger partial charge is 0.318 e. The number of nitrogens with zero attached hydrogens (tertiary/aromatic N) is 2. The fraction of sp³-hybridized carbons (Fsp3) is 0.257. The summed E-state index contributed by atoms with van der Waals surface area (Å²) in [6.45, 7) is 5.97. The number of fused-ring (bicyclic) bond motifs is 2. The number of aromatic nitrogens is 1. The number of nitrogens with one attached hydrogen (secondary N) is 2. The van der Waals surface area contributed by atoms with Crippen molar-refractivity contribution in [3.63, 3.8) is 0 Å². The number of β-amino-alcohol motifs (C(OH)–C–C–N with tert-alkyl or cyclic N) is 1. The number of rotatable bonds is 10. The van der Waals surface area contributed by atoms with E-state index in [1.165, 1.54) is 0 Å². The van der Waals surface area contributed by atoms with E-state index in [4.69, 9.17) is 4.74 Å². The second-order valence-electron chi connectivity index (χ2n) is 11.3. The third-order valence-electron chi connectivity index (χ3n) is 7.74. The maximum Gasteiger partial charge on any atom is 0.318 e. The summed E-state index contributed by atoms with van der Waals surface area (Å²) < 4.78 is 5.81. The Hall–Kier alpha value is -4.80. The Balaban J connectivity index is 1.39. The number of ether oxygens (including phenoxy) is 1. The van der Waals surface area contributed by atoms with Crippen LogP contribution in [0.4, 0.5) is 4.79 Å². The molecule has 7 nitrogen and oxygen atoms in total. The minimum absolute atomic E-state index is 0.0398. The number of carbonyl (C=O) groups excluding carboxylic acids is 1. The number of benzene rings is 4. The number of amides is 2. The Morgan fingerprint density at radius 3 is 2.50 bits per heavy atom. The van der Waals surface area contributed by atoms with Gasteiger partial charge in [0.2, 0.25) is 0 Å². The van der Waals surface area contributed by atoms with Gasteiger partial charge in [-0.05, 0) is 67.3 Å². The van der Waals surface area contributed by atoms with E-state index in [0.29, 0.717) is 17.7 Å². The highest BCUT2D eigenvalue weighted by Gasteiger charge is 2.34. The Morgan fingerprint density at radius 2 is 1.69 bits per heavy atom. The number of nitriles is 1. The van der Waals surface area contributed by atoms with Crippen LogP contribution in [0, 0.1) is 11.3 Å². The lowest BCUT2D eigenvalue weighted by Gasteiger charge is -2.40. The fourth-order valence-electron chi connectivity index (χ4n) is 5.55. The van der Waals surface area contributed by atoms with Crippen LogP contribution >= 0.6 is 0 Å². The molecule has 42 heavy (non-hydrogen) atoms. The summed E-state index contributed by atoms with van der Waals surface area (Å²) >= 11 is 0. The summed E-state index contributed by atoms with van der Waals surface area (Å²) in [5, 5.41) is 27.0. The van der Waals surface area contributed by atoms with Crippen molar-refractivity contribution in [2.75, 3.05) is 13.2 Å². The van der Waals surface area contributed by atoms with Crippen LogP contribution in [0.2, 0.25) is 0 Å². The molecule has 0 aliphatic heterocycles. The second-order valence-corrected chi connectivity index (χ2v) is 11.3. The highest BCUT2D eigenvalue weighted by Crippen LogP contribution is 2.29. The molecule has 2 amide bonds. The van der Waals surface area contributed by atoms with Crippen LogP contribution in [0.3, 0.4) is 0 Å². The maximum absolute atomic E-state index is 14.0. The molecule has 0 bridgehead atoms. The topological polar surface area (TPSA) is 101 Å². The van der Waals surface area contributed by atoms with Crippen LogP contribution in [0.25, 0.3) is 21.7 Å². The minimum Gasteiger partial charge on any atom is -0.489 e. The van der Waals surface area contributed by atoms with E-state index < -0.39 is 11.6 Å². The zero-order chi connectivity index (χ0) is 29.7. The summed E-state index contributed by atoms with van der Waals surface area (Å²) in [5.74, 6) is 0.401. The first-order chi connectivity index (χ1) is 20.3. The Labute approximate surface area is 246 Å². The first kappa shape index (κ1) is 28.7. The van der Waals surface area contributed by atoms with Crippen molar-refractivity contribution in [3.8, 4) is 11.8 Å². The molecule has 2 unspecified atom stereocenters. The summed E-state index contributed by atoms with van der Waals surface area (Å²) in [5.41, 5.74) is 2.87. The van der Waals surface area contributed by atoms with Gasteiger partial charge in [-0.1, -0.05) is 72.8 Å². The molecule has 1 aromatic heterocycles. The van der Waals surface area contributed by atoms with E-state index >= 15 is 0 Å². The third-order valence-corrected chi connectivity index (χ3v) is 7.74. The summed E-state index contributed by atoms with van der Waals surface area (Å²) in [4.78, 5) is 19.0. The molecule has 0 radical (unpaired) electrons. The van der Waals surface area contributed by atoms with Gasteiger partial charge in [0.25, 0.3) is 0 Å². The Bertz CT molecular complexity index is 1730. The van der Waals surface area contributed by atoms with Crippen LogP contribution in [0.15, 0.2) is 97.2 Å². The lowest BCUT2D eigenvalue weighted by atomic mass is 9.92. The van der Waals surface area contributed by atoms with E-state index in [9.17, 15) is 15.2 Å². The standard InChI is InChI=1S/C35H36N4O3/c1-24(29-16-10-13-25-11-4-6-14-30(25)29)38-34(41)39(22-28(40)23-42-33-18-9-5-12-26(33)20-36)35(2,3)19-27-21-37-32-17-8-7-15-31(27)32/h4-18,21,24,28,37,40H,19,22-23H2,1-3H3,(H,38,41). The highest BCUT2D eigenvalue weighted by atomic mass is 16.5. The average molecular weight is 561 g/mol. The zero-order valence-electron chi connectivity index (χ0n) is 24.2. The molecule has 1 heterocycles. The van der Waals surface area contributed by atoms with E-state index in [0.717, 1.165) is 32.8 Å². The van der Waals surface area contributed by atoms with Crippen molar-refractivity contribution in [2.45, 2.75) is 44.9 Å². The van der Waals surface area contributed by atoms with E-state index in [2.05, 4.69) is 40.6 Å². The molecule has 7 heteroatoms. The van der Waals surface area contributed by atoms with E-state index in [1.54, 1.807) is 29.2 Å². The fourth-order valence-corrected chi connectivity index (χ4v) is 5.55. The summed E-state index contributed by atoms with van der Waals surface area (Å²) in [6.07, 6.45) is 1.56. The van der Waals surface area contributed by atoms with Gasteiger partial charge < -0.3 is 25.0 Å². The van der Waals surface area contributed by atoms with Crippen molar-refractivity contribution in [2.24, 2.45) is 0 Å². The van der Waals surface area contributed by atoms with E-state index in [-0.39, 0.29) is 25.2 Å². The number of carbonyl (C=O) groups is 1. The van der Waals surface area contributed by atoms with Gasteiger partial charge in [0, 0.05) is 22.6 Å². The molecule has 0 aliphatic carbocycles. The van der Waals surface area contributed by atoms with Crippen LogP contribution < -0.4 is 10.1 Å². The van der Waals surface area contributed by atoms with Crippen molar-refractivity contribution >= 4 is 27.7 Å². The molecular formula is C35H36N4O3. The molecule has 0 saturated heterocycles. The van der Waals surface area contributed by atoms with Gasteiger partial charge in [-0.15, -0.1) is 0 Å². The van der Waals surface area contributed by atoms with Crippen molar-refractivity contribution in [3.05, 3.63) is 114 Å². The highest BCUT2D eigenvalue weighted by molar-refractivity contribution is 5.87. The second kappa shape index (κ2) is 12.4. The number of aliphatic hydroxyl groups excluding tert-OH is 1. The number of para-hydroxylation sites is 2. The minimum atomic E-state index is -0.988. The van der Waals surface area contributed by atoms with E-state index in [1.807, 2.05) is 69.4 Å². The molecule has 214 valence electrons. The monoisotopic (exact) mass is 560 g/mol. The molecule has 0 spiro atoms. The van der Waals surface area contributed by atoms with Gasteiger partial charge in [-0.2, -0.15) is 5.26 Å². The Kier molecular flexibility index (Phi) is 8.46. The number of aromatic amines is 1. The average Bonchev–Trinajstić information content (AvgIpc) is 3.40. The number of H-pyrrole nitrogens is 1. The maximum atomic E-state index is 14.0. The van der Waals surface area contributed by atoms with Gasteiger partial charge in [0.1, 0.15) is 24.5 Å². The molecule has 2 atom stereocenters. The third kappa shape index (κ3) is 6.24. The largest absolute Gasteiger partial charge is 0.489 e. The lowest BCUT2D eigenvalue weighted by molar-refractivity contribution is 0.0455. The quantitative estimate of drug-likeness (QED) is 0.176. The normalized spacial score (nSPS) is 12.9. The number of hydrogen-bond acceptors (Lipinski definition) is 4. The first-order valence-electron chi connectivity index (χ1n) is 14.2. The predicted molar refractivity (Wildman–Crippen MR) is 166 cm³/mol. The molecule has 0 fully saturated rings. The molecule has 5 aromatic rings. The number of urea groups is 1. The molecular weight excluding hydrogens is 524 g/mol. The number of aliphatic hydroxyl groups is 1. The van der Waals surface area contributed by atoms with Crippen LogP contribution in [0.1, 0.15) is 43.5 Å². The van der Waals surface area contributed by atoms with Crippen LogP contribution in [0.5, 0.6) is 5.75 Å². The van der Waals surface area contributed by atoms with Crippen molar-refractivity contribution in [1.29, 1.82) is 5.26 Å². The molecule has 0 saturated carbocycles. The summed E-state index contributed by atoms with van der Waals surface area (Å²) in [7, 11) is 0. The van der Waals surface area contributed by atoms with Crippen molar-refractivity contribution < 1.29 is 14.6 Å².